The van der Waals surface area contributed by atoms with Gasteiger partial charge in [-0.25, -0.2) is 4.98 Å². The number of benzene rings is 1. The molecule has 1 aromatic carbocycles. The molecule has 2 aromatic rings. The number of nitrogens with zero attached hydrogens (tertiary/aromatic N) is 2. The molecule has 0 atom stereocenters. The quantitative estimate of drug-likeness (QED) is 0.923. The van der Waals surface area contributed by atoms with Gasteiger partial charge in [-0.1, -0.05) is 0 Å². The number of hydrogen-bond donors (Lipinski definition) is 1. The van der Waals surface area contributed by atoms with Crippen LogP contribution >= 0.6 is 0 Å². The molecule has 1 amide bonds. The monoisotopic (exact) mass is 291 g/mol. The topological polar surface area (TPSA) is 65.8 Å². The van der Waals surface area contributed by atoms with Crippen molar-refractivity contribution < 1.29 is 18.0 Å². The molecule has 0 saturated heterocycles. The Balaban J connectivity index is 2.10. The second-order valence-corrected chi connectivity index (χ2v) is 4.07. The predicted molar refractivity (Wildman–Crippen MR) is 68.3 cm³/mol. The van der Waals surface area contributed by atoms with E-state index >= 15 is 0 Å². The van der Waals surface area contributed by atoms with Gasteiger partial charge in [-0.2, -0.15) is 18.4 Å². The van der Waals surface area contributed by atoms with Gasteiger partial charge in [0.05, 0.1) is 11.1 Å². The summed E-state index contributed by atoms with van der Waals surface area (Å²) in [4.78, 5) is 15.6. The van der Waals surface area contributed by atoms with Gasteiger partial charge in [0.1, 0.15) is 11.8 Å². The first-order chi connectivity index (χ1) is 9.90. The number of nitriles is 1. The fourth-order valence-electron chi connectivity index (χ4n) is 1.54. The standard InChI is InChI=1S/C14H8F3N3O/c15-14(16,17)10-2-5-11(6-3-10)20-13(21)9-1-4-12(7-18)19-8-9/h1-6,8H,(H,20,21). The molecule has 0 aliphatic carbocycles. The van der Waals surface area contributed by atoms with E-state index in [1.807, 2.05) is 6.07 Å². The Morgan fingerprint density at radius 3 is 2.29 bits per heavy atom. The van der Waals surface area contributed by atoms with Crippen molar-refractivity contribution in [3.63, 3.8) is 0 Å². The third-order valence-corrected chi connectivity index (χ3v) is 2.61. The van der Waals surface area contributed by atoms with E-state index in [0.717, 1.165) is 24.3 Å². The minimum absolute atomic E-state index is 0.168. The maximum Gasteiger partial charge on any atom is 0.416 e. The van der Waals surface area contributed by atoms with E-state index in [-0.39, 0.29) is 16.9 Å². The van der Waals surface area contributed by atoms with Crippen molar-refractivity contribution in [3.8, 4) is 6.07 Å². The van der Waals surface area contributed by atoms with Crippen LogP contribution in [0.1, 0.15) is 21.6 Å². The van der Waals surface area contributed by atoms with Crippen LogP contribution in [0.3, 0.4) is 0 Å². The molecule has 1 aromatic heterocycles. The summed E-state index contributed by atoms with van der Waals surface area (Å²) in [6.07, 6.45) is -3.20. The van der Waals surface area contributed by atoms with Gasteiger partial charge in [-0.3, -0.25) is 4.79 Å². The van der Waals surface area contributed by atoms with Crippen LogP contribution in [-0.2, 0) is 6.18 Å². The van der Waals surface area contributed by atoms with Crippen LogP contribution in [0.15, 0.2) is 42.6 Å². The van der Waals surface area contributed by atoms with E-state index in [4.69, 9.17) is 5.26 Å². The van der Waals surface area contributed by atoms with E-state index < -0.39 is 17.6 Å². The number of amides is 1. The first-order valence-electron chi connectivity index (χ1n) is 5.75. The lowest BCUT2D eigenvalue weighted by molar-refractivity contribution is -0.137. The highest BCUT2D eigenvalue weighted by Gasteiger charge is 2.29. The lowest BCUT2D eigenvalue weighted by Crippen LogP contribution is -2.12. The van der Waals surface area contributed by atoms with Gasteiger partial charge in [-0.15, -0.1) is 0 Å². The number of nitrogens with one attached hydrogen (secondary N) is 1. The van der Waals surface area contributed by atoms with E-state index in [9.17, 15) is 18.0 Å². The van der Waals surface area contributed by atoms with Crippen LogP contribution < -0.4 is 5.32 Å². The highest BCUT2D eigenvalue weighted by Crippen LogP contribution is 2.29. The molecule has 0 aliphatic heterocycles. The molecule has 0 radical (unpaired) electrons. The third-order valence-electron chi connectivity index (χ3n) is 2.61. The lowest BCUT2D eigenvalue weighted by Gasteiger charge is -2.08. The van der Waals surface area contributed by atoms with Crippen LogP contribution in [0.25, 0.3) is 0 Å². The van der Waals surface area contributed by atoms with E-state index in [0.29, 0.717) is 0 Å². The summed E-state index contributed by atoms with van der Waals surface area (Å²) in [5.41, 5.74) is -0.187. The van der Waals surface area contributed by atoms with Gasteiger partial charge < -0.3 is 5.32 Å². The summed E-state index contributed by atoms with van der Waals surface area (Å²) in [5, 5.41) is 11.0. The number of anilines is 1. The zero-order valence-corrected chi connectivity index (χ0v) is 10.5. The van der Waals surface area contributed by atoms with Crippen molar-refractivity contribution in [3.05, 3.63) is 59.4 Å². The van der Waals surface area contributed by atoms with Gasteiger partial charge in [0.25, 0.3) is 5.91 Å². The molecular formula is C14H8F3N3O. The van der Waals surface area contributed by atoms with E-state index in [1.54, 1.807) is 0 Å². The number of hydrogen-bond acceptors (Lipinski definition) is 3. The molecule has 0 aliphatic rings. The van der Waals surface area contributed by atoms with Crippen LogP contribution in [0.4, 0.5) is 18.9 Å². The second-order valence-electron chi connectivity index (χ2n) is 4.07. The number of alkyl halides is 3. The fourth-order valence-corrected chi connectivity index (χ4v) is 1.54. The molecule has 0 saturated carbocycles. The minimum Gasteiger partial charge on any atom is -0.322 e. The Kier molecular flexibility index (Phi) is 3.89. The molecule has 2 rings (SSSR count). The largest absolute Gasteiger partial charge is 0.416 e. The smallest absolute Gasteiger partial charge is 0.322 e. The zero-order chi connectivity index (χ0) is 15.5. The summed E-state index contributed by atoms with van der Waals surface area (Å²) in [6, 6.07) is 8.69. The summed E-state index contributed by atoms with van der Waals surface area (Å²) < 4.78 is 37.2. The van der Waals surface area contributed by atoms with Crippen molar-refractivity contribution in [2.24, 2.45) is 0 Å². The van der Waals surface area contributed by atoms with Gasteiger partial charge in [0.15, 0.2) is 0 Å². The van der Waals surface area contributed by atoms with Gasteiger partial charge in [0.2, 0.25) is 0 Å². The SMILES string of the molecule is N#Cc1ccc(C(=O)Nc2ccc(C(F)(F)F)cc2)cn1. The Morgan fingerprint density at radius 1 is 1.14 bits per heavy atom. The number of carbonyl (C=O) groups excluding carboxylic acids is 1. The molecule has 1 heterocycles. The Labute approximate surface area is 117 Å². The maximum atomic E-state index is 12.4. The average molecular weight is 291 g/mol. The number of pyridine rings is 1. The number of rotatable bonds is 2. The molecule has 106 valence electrons. The number of carbonyl (C=O) groups is 1. The fraction of sp³-hybridized carbons (Fsp3) is 0.0714. The highest BCUT2D eigenvalue weighted by atomic mass is 19.4. The lowest BCUT2D eigenvalue weighted by atomic mass is 10.2. The van der Waals surface area contributed by atoms with Gasteiger partial charge in [0, 0.05) is 11.9 Å². The summed E-state index contributed by atoms with van der Waals surface area (Å²) in [7, 11) is 0. The first kappa shape index (κ1) is 14.5. The Hall–Kier alpha value is -2.88. The van der Waals surface area contributed by atoms with Crippen LogP contribution in [0.5, 0.6) is 0 Å². The van der Waals surface area contributed by atoms with E-state index in [2.05, 4.69) is 10.3 Å². The summed E-state index contributed by atoms with van der Waals surface area (Å²) in [5.74, 6) is -0.522. The first-order valence-corrected chi connectivity index (χ1v) is 5.75. The van der Waals surface area contributed by atoms with Crippen molar-refractivity contribution >= 4 is 11.6 Å². The molecule has 0 fully saturated rings. The molecular weight excluding hydrogens is 283 g/mol. The molecule has 1 N–H and O–H groups in total. The number of aromatic nitrogens is 1. The van der Waals surface area contributed by atoms with Crippen molar-refractivity contribution in [1.82, 2.24) is 4.98 Å². The van der Waals surface area contributed by atoms with Crippen LogP contribution in [0, 0.1) is 11.3 Å². The summed E-state index contributed by atoms with van der Waals surface area (Å²) in [6.45, 7) is 0. The number of halogens is 3. The third kappa shape index (κ3) is 3.57. The zero-order valence-electron chi connectivity index (χ0n) is 10.5. The van der Waals surface area contributed by atoms with Crippen molar-refractivity contribution in [2.75, 3.05) is 5.32 Å². The molecule has 7 heteroatoms. The average Bonchev–Trinajstić information content (AvgIpc) is 2.47. The van der Waals surface area contributed by atoms with Crippen LogP contribution in [0.2, 0.25) is 0 Å². The van der Waals surface area contributed by atoms with Gasteiger partial charge in [-0.05, 0) is 36.4 Å². The predicted octanol–water partition coefficient (Wildman–Crippen LogP) is 3.22. The molecule has 0 bridgehead atoms. The molecule has 0 spiro atoms. The highest BCUT2D eigenvalue weighted by molar-refractivity contribution is 6.04. The molecule has 4 nitrogen and oxygen atoms in total. The minimum atomic E-state index is -4.42. The normalized spacial score (nSPS) is 10.8. The van der Waals surface area contributed by atoms with Crippen LogP contribution in [-0.4, -0.2) is 10.9 Å². The maximum absolute atomic E-state index is 12.4. The molecule has 21 heavy (non-hydrogen) atoms. The van der Waals surface area contributed by atoms with Gasteiger partial charge >= 0.3 is 6.18 Å². The second kappa shape index (κ2) is 5.63. The van der Waals surface area contributed by atoms with Crippen molar-refractivity contribution in [2.45, 2.75) is 6.18 Å². The molecule has 0 unspecified atom stereocenters. The Bertz CT molecular complexity index is 685. The Morgan fingerprint density at radius 2 is 1.81 bits per heavy atom. The van der Waals surface area contributed by atoms with Crippen molar-refractivity contribution in [1.29, 1.82) is 5.26 Å². The summed E-state index contributed by atoms with van der Waals surface area (Å²) >= 11 is 0. The van der Waals surface area contributed by atoms with E-state index in [1.165, 1.54) is 18.3 Å².